The van der Waals surface area contributed by atoms with Crippen LogP contribution >= 0.6 is 11.3 Å². The number of thiophene rings is 1. The number of aromatic nitrogens is 2. The number of carbonyl (C=O) groups is 1. The van der Waals surface area contributed by atoms with E-state index in [1.165, 1.54) is 0 Å². The standard InChI is InChI=1S/C15H20N4O2S/c1-11(2)19-9-12(8-16-19)17-15(20)18-5-6-21-13(10-18)14-4-3-7-22-14/h3-4,7-9,11,13H,5-6,10H2,1-2H3,(H,17,20)/t13-/m0/s1. The molecular formula is C15H20N4O2S. The average molecular weight is 320 g/mol. The summed E-state index contributed by atoms with van der Waals surface area (Å²) in [5.41, 5.74) is 0.720. The molecule has 0 spiro atoms. The summed E-state index contributed by atoms with van der Waals surface area (Å²) in [6.45, 7) is 5.83. The van der Waals surface area contributed by atoms with E-state index in [4.69, 9.17) is 4.74 Å². The molecule has 1 aliphatic heterocycles. The molecule has 2 amide bonds. The van der Waals surface area contributed by atoms with Gasteiger partial charge in [0.2, 0.25) is 0 Å². The molecule has 3 rings (SSSR count). The normalized spacial score (nSPS) is 18.7. The largest absolute Gasteiger partial charge is 0.369 e. The Balaban J connectivity index is 1.61. The van der Waals surface area contributed by atoms with Crippen molar-refractivity contribution in [1.82, 2.24) is 14.7 Å². The van der Waals surface area contributed by atoms with Crippen molar-refractivity contribution in [1.29, 1.82) is 0 Å². The third-order valence-electron chi connectivity index (χ3n) is 3.60. The van der Waals surface area contributed by atoms with Crippen LogP contribution in [0.4, 0.5) is 10.5 Å². The third-order valence-corrected chi connectivity index (χ3v) is 4.56. The minimum Gasteiger partial charge on any atom is -0.369 e. The lowest BCUT2D eigenvalue weighted by atomic mass is 10.2. The molecule has 1 fully saturated rings. The molecule has 1 atom stereocenters. The van der Waals surface area contributed by atoms with Gasteiger partial charge in [-0.2, -0.15) is 5.10 Å². The summed E-state index contributed by atoms with van der Waals surface area (Å²) in [6.07, 6.45) is 3.49. The SMILES string of the molecule is CC(C)n1cc(NC(=O)N2CCO[C@H](c3cccs3)C2)cn1. The Morgan fingerprint density at radius 2 is 2.41 bits per heavy atom. The van der Waals surface area contributed by atoms with Crippen LogP contribution in [0.25, 0.3) is 0 Å². The van der Waals surface area contributed by atoms with Gasteiger partial charge in [0.05, 0.1) is 25.0 Å². The molecule has 0 saturated carbocycles. The van der Waals surface area contributed by atoms with Crippen LogP contribution in [0.15, 0.2) is 29.9 Å². The first kappa shape index (κ1) is 15.1. The number of hydrogen-bond donors (Lipinski definition) is 1. The maximum Gasteiger partial charge on any atom is 0.322 e. The van der Waals surface area contributed by atoms with Gasteiger partial charge in [-0.1, -0.05) is 6.07 Å². The Bertz CT molecular complexity index is 623. The molecule has 2 aromatic rings. The van der Waals surface area contributed by atoms with Crippen LogP contribution < -0.4 is 5.32 Å². The van der Waals surface area contributed by atoms with E-state index >= 15 is 0 Å². The van der Waals surface area contributed by atoms with E-state index < -0.39 is 0 Å². The fourth-order valence-corrected chi connectivity index (χ4v) is 3.13. The maximum absolute atomic E-state index is 12.4. The fraction of sp³-hybridized carbons (Fsp3) is 0.467. The monoisotopic (exact) mass is 320 g/mol. The molecule has 0 unspecified atom stereocenters. The third kappa shape index (κ3) is 3.31. The highest BCUT2D eigenvalue weighted by Crippen LogP contribution is 2.26. The lowest BCUT2D eigenvalue weighted by Crippen LogP contribution is -2.44. The van der Waals surface area contributed by atoms with Crippen LogP contribution in [-0.2, 0) is 4.74 Å². The number of nitrogens with zero attached hydrogens (tertiary/aromatic N) is 3. The van der Waals surface area contributed by atoms with E-state index in [-0.39, 0.29) is 18.2 Å². The highest BCUT2D eigenvalue weighted by Gasteiger charge is 2.26. The van der Waals surface area contributed by atoms with Gasteiger partial charge >= 0.3 is 6.03 Å². The van der Waals surface area contributed by atoms with Gasteiger partial charge in [-0.05, 0) is 25.3 Å². The van der Waals surface area contributed by atoms with Crippen LogP contribution in [0, 0.1) is 0 Å². The number of nitrogens with one attached hydrogen (secondary N) is 1. The van der Waals surface area contributed by atoms with Crippen molar-refractivity contribution in [3.63, 3.8) is 0 Å². The van der Waals surface area contributed by atoms with Gasteiger partial charge in [0.15, 0.2) is 0 Å². The second kappa shape index (κ2) is 6.50. The highest BCUT2D eigenvalue weighted by molar-refractivity contribution is 7.10. The van der Waals surface area contributed by atoms with E-state index in [0.717, 1.165) is 10.6 Å². The highest BCUT2D eigenvalue weighted by atomic mass is 32.1. The van der Waals surface area contributed by atoms with Gasteiger partial charge in [0, 0.05) is 23.7 Å². The summed E-state index contributed by atoms with van der Waals surface area (Å²) >= 11 is 1.66. The first-order valence-corrected chi connectivity index (χ1v) is 8.26. The zero-order valence-corrected chi connectivity index (χ0v) is 13.5. The van der Waals surface area contributed by atoms with E-state index in [9.17, 15) is 4.79 Å². The van der Waals surface area contributed by atoms with Crippen LogP contribution in [0.1, 0.15) is 30.9 Å². The Morgan fingerprint density at radius 3 is 3.09 bits per heavy atom. The summed E-state index contributed by atoms with van der Waals surface area (Å²) in [5.74, 6) is 0. The number of anilines is 1. The van der Waals surface area contributed by atoms with Crippen molar-refractivity contribution in [2.45, 2.75) is 26.0 Å². The van der Waals surface area contributed by atoms with Crippen LogP contribution in [0.3, 0.4) is 0 Å². The topological polar surface area (TPSA) is 59.4 Å². The number of carbonyl (C=O) groups excluding carboxylic acids is 1. The lowest BCUT2D eigenvalue weighted by molar-refractivity contribution is -0.0115. The summed E-state index contributed by atoms with van der Waals surface area (Å²) < 4.78 is 7.58. The molecular weight excluding hydrogens is 300 g/mol. The molecule has 3 heterocycles. The predicted octanol–water partition coefficient (Wildman–Crippen LogP) is 3.13. The summed E-state index contributed by atoms with van der Waals surface area (Å²) in [7, 11) is 0. The first-order chi connectivity index (χ1) is 10.6. The molecule has 118 valence electrons. The zero-order valence-electron chi connectivity index (χ0n) is 12.7. The second-order valence-electron chi connectivity index (χ2n) is 5.55. The summed E-state index contributed by atoms with van der Waals surface area (Å²) in [5, 5.41) is 9.16. The molecule has 2 aromatic heterocycles. The fourth-order valence-electron chi connectivity index (χ4n) is 2.37. The quantitative estimate of drug-likeness (QED) is 0.945. The van der Waals surface area contributed by atoms with E-state index in [1.807, 2.05) is 42.2 Å². The number of hydrogen-bond acceptors (Lipinski definition) is 4. The van der Waals surface area contributed by atoms with Crippen molar-refractivity contribution < 1.29 is 9.53 Å². The Kier molecular flexibility index (Phi) is 4.44. The average Bonchev–Trinajstić information content (AvgIpc) is 3.19. The zero-order chi connectivity index (χ0) is 15.5. The molecule has 7 heteroatoms. The number of urea groups is 1. The molecule has 6 nitrogen and oxygen atoms in total. The molecule has 1 aliphatic rings. The van der Waals surface area contributed by atoms with Crippen molar-refractivity contribution in [2.24, 2.45) is 0 Å². The summed E-state index contributed by atoms with van der Waals surface area (Å²) in [4.78, 5) is 15.3. The van der Waals surface area contributed by atoms with E-state index in [2.05, 4.69) is 10.4 Å². The van der Waals surface area contributed by atoms with Crippen LogP contribution in [0.2, 0.25) is 0 Å². The predicted molar refractivity (Wildman–Crippen MR) is 86.2 cm³/mol. The first-order valence-electron chi connectivity index (χ1n) is 7.38. The molecule has 0 radical (unpaired) electrons. The molecule has 0 aromatic carbocycles. The van der Waals surface area contributed by atoms with Crippen molar-refractivity contribution in [3.8, 4) is 0 Å². The van der Waals surface area contributed by atoms with Crippen LogP contribution in [-0.4, -0.2) is 40.4 Å². The van der Waals surface area contributed by atoms with Gasteiger partial charge in [-0.3, -0.25) is 4.68 Å². The molecule has 1 N–H and O–H groups in total. The Morgan fingerprint density at radius 1 is 1.55 bits per heavy atom. The van der Waals surface area contributed by atoms with E-state index in [0.29, 0.717) is 19.7 Å². The maximum atomic E-state index is 12.4. The molecule has 1 saturated heterocycles. The smallest absolute Gasteiger partial charge is 0.322 e. The number of rotatable bonds is 3. The van der Waals surface area contributed by atoms with Crippen molar-refractivity contribution >= 4 is 23.1 Å². The number of ether oxygens (including phenoxy) is 1. The minimum absolute atomic E-state index is 0.0297. The minimum atomic E-state index is -0.104. The second-order valence-corrected chi connectivity index (χ2v) is 6.53. The van der Waals surface area contributed by atoms with Crippen molar-refractivity contribution in [2.75, 3.05) is 25.0 Å². The molecule has 0 aliphatic carbocycles. The number of amides is 2. The van der Waals surface area contributed by atoms with Gasteiger partial charge < -0.3 is 15.0 Å². The van der Waals surface area contributed by atoms with Crippen molar-refractivity contribution in [3.05, 3.63) is 34.8 Å². The molecule has 0 bridgehead atoms. The van der Waals surface area contributed by atoms with Gasteiger partial charge in [-0.25, -0.2) is 4.79 Å². The van der Waals surface area contributed by atoms with Crippen LogP contribution in [0.5, 0.6) is 0 Å². The van der Waals surface area contributed by atoms with Gasteiger partial charge in [-0.15, -0.1) is 11.3 Å². The van der Waals surface area contributed by atoms with E-state index in [1.54, 1.807) is 22.4 Å². The molecule has 22 heavy (non-hydrogen) atoms. The Labute approximate surface area is 133 Å². The van der Waals surface area contributed by atoms with Gasteiger partial charge in [0.1, 0.15) is 6.10 Å². The lowest BCUT2D eigenvalue weighted by Gasteiger charge is -2.32. The van der Waals surface area contributed by atoms with Gasteiger partial charge in [0.25, 0.3) is 0 Å². The Hall–Kier alpha value is -1.86. The summed E-state index contributed by atoms with van der Waals surface area (Å²) in [6, 6.07) is 4.22. The number of morpholine rings is 1.